The summed E-state index contributed by atoms with van der Waals surface area (Å²) in [5, 5.41) is 7.28. The molecule has 1 fully saturated rings. The molecule has 1 saturated heterocycles. The molecule has 1 unspecified atom stereocenters. The lowest BCUT2D eigenvalue weighted by molar-refractivity contribution is 0.750. The van der Waals surface area contributed by atoms with Gasteiger partial charge < -0.3 is 10.6 Å². The van der Waals surface area contributed by atoms with E-state index >= 15 is 0 Å². The second-order valence-electron chi connectivity index (χ2n) is 4.71. The number of thioether (sulfide) groups is 1. The minimum atomic E-state index is 0.239. The van der Waals surface area contributed by atoms with Gasteiger partial charge in [-0.3, -0.25) is 5.10 Å². The molecule has 0 bridgehead atoms. The molecule has 3 rings (SSSR count). The van der Waals surface area contributed by atoms with Crippen LogP contribution >= 0.6 is 11.8 Å². The molecule has 5 nitrogen and oxygen atoms in total. The lowest BCUT2D eigenvalue weighted by atomic mass is 10.2. The average Bonchev–Trinajstić information content (AvgIpc) is 3.07. The van der Waals surface area contributed by atoms with E-state index in [1.54, 1.807) is 11.8 Å². The zero-order chi connectivity index (χ0) is 13.2. The van der Waals surface area contributed by atoms with Gasteiger partial charge in [-0.15, -0.1) is 16.9 Å². The maximum atomic E-state index is 5.90. The number of nitrogens with zero attached hydrogens (tertiary/aromatic N) is 3. The first kappa shape index (κ1) is 12.5. The Morgan fingerprint density at radius 2 is 2.16 bits per heavy atom. The molecule has 19 heavy (non-hydrogen) atoms. The summed E-state index contributed by atoms with van der Waals surface area (Å²) in [5.41, 5.74) is 6.96. The molecular formula is C13H17N5S. The monoisotopic (exact) mass is 275 g/mol. The molecule has 2 heterocycles. The van der Waals surface area contributed by atoms with E-state index in [-0.39, 0.29) is 6.04 Å². The molecule has 1 aromatic heterocycles. The van der Waals surface area contributed by atoms with Gasteiger partial charge in [0.2, 0.25) is 5.95 Å². The van der Waals surface area contributed by atoms with Crippen molar-refractivity contribution in [1.29, 1.82) is 0 Å². The molecule has 0 spiro atoms. The highest BCUT2D eigenvalue weighted by Gasteiger charge is 2.22. The number of H-pyrrole nitrogens is 1. The van der Waals surface area contributed by atoms with Gasteiger partial charge >= 0.3 is 0 Å². The highest BCUT2D eigenvalue weighted by atomic mass is 32.2. The number of rotatable bonds is 3. The fourth-order valence-electron chi connectivity index (χ4n) is 2.24. The predicted octanol–water partition coefficient (Wildman–Crippen LogP) is 1.73. The van der Waals surface area contributed by atoms with Gasteiger partial charge in [0.25, 0.3) is 0 Å². The second kappa shape index (κ2) is 5.22. The second-order valence-corrected chi connectivity index (χ2v) is 5.59. The van der Waals surface area contributed by atoms with Crippen LogP contribution in [0.4, 0.5) is 5.95 Å². The van der Waals surface area contributed by atoms with Crippen LogP contribution in [-0.4, -0.2) is 40.6 Å². The third-order valence-corrected chi connectivity index (χ3v) is 4.09. The first-order valence-electron chi connectivity index (χ1n) is 6.33. The van der Waals surface area contributed by atoms with E-state index in [1.807, 2.05) is 0 Å². The van der Waals surface area contributed by atoms with Crippen molar-refractivity contribution in [3.05, 3.63) is 24.3 Å². The highest BCUT2D eigenvalue weighted by Crippen LogP contribution is 2.22. The summed E-state index contributed by atoms with van der Waals surface area (Å²) in [5.74, 6) is 1.56. The van der Waals surface area contributed by atoms with E-state index < -0.39 is 0 Å². The summed E-state index contributed by atoms with van der Waals surface area (Å²) >= 11 is 1.73. The van der Waals surface area contributed by atoms with Crippen LogP contribution in [0.3, 0.4) is 0 Å². The molecule has 2 aromatic rings. The van der Waals surface area contributed by atoms with Crippen LogP contribution in [0.1, 0.15) is 6.42 Å². The van der Waals surface area contributed by atoms with Gasteiger partial charge in [0, 0.05) is 29.6 Å². The Labute approximate surface area is 116 Å². The largest absolute Gasteiger partial charge is 0.338 e. The van der Waals surface area contributed by atoms with Crippen molar-refractivity contribution in [3.63, 3.8) is 0 Å². The van der Waals surface area contributed by atoms with Crippen molar-refractivity contribution in [2.24, 2.45) is 5.73 Å². The SMILES string of the molecule is CSc1ccc(-c2nc(N3CCC(N)C3)n[nH]2)cc1. The van der Waals surface area contributed by atoms with Gasteiger partial charge in [-0.1, -0.05) is 12.1 Å². The van der Waals surface area contributed by atoms with Crippen molar-refractivity contribution < 1.29 is 0 Å². The van der Waals surface area contributed by atoms with Gasteiger partial charge in [0.05, 0.1) is 0 Å². The topological polar surface area (TPSA) is 70.8 Å². The maximum absolute atomic E-state index is 5.90. The number of nitrogens with two attached hydrogens (primary N) is 1. The van der Waals surface area contributed by atoms with Crippen LogP contribution in [-0.2, 0) is 0 Å². The number of aromatic amines is 1. The quantitative estimate of drug-likeness (QED) is 0.835. The summed E-state index contributed by atoms with van der Waals surface area (Å²) in [4.78, 5) is 7.92. The first-order chi connectivity index (χ1) is 9.26. The molecule has 1 aliphatic heterocycles. The lowest BCUT2D eigenvalue weighted by Gasteiger charge is -2.11. The number of benzene rings is 1. The Kier molecular flexibility index (Phi) is 3.44. The van der Waals surface area contributed by atoms with Crippen LogP contribution in [0.25, 0.3) is 11.4 Å². The predicted molar refractivity (Wildman–Crippen MR) is 78.4 cm³/mol. The van der Waals surface area contributed by atoms with Gasteiger partial charge in [0.1, 0.15) is 0 Å². The van der Waals surface area contributed by atoms with Crippen molar-refractivity contribution in [2.75, 3.05) is 24.2 Å². The van der Waals surface area contributed by atoms with Crippen LogP contribution in [0.15, 0.2) is 29.2 Å². The molecule has 1 aliphatic rings. The summed E-state index contributed by atoms with van der Waals surface area (Å²) in [6.45, 7) is 1.77. The van der Waals surface area contributed by atoms with E-state index in [1.165, 1.54) is 4.90 Å². The van der Waals surface area contributed by atoms with Crippen molar-refractivity contribution in [3.8, 4) is 11.4 Å². The third kappa shape index (κ3) is 2.59. The summed E-state index contributed by atoms with van der Waals surface area (Å²) < 4.78 is 0. The van der Waals surface area contributed by atoms with Crippen LogP contribution in [0.5, 0.6) is 0 Å². The molecule has 0 saturated carbocycles. The minimum absolute atomic E-state index is 0.239. The molecule has 6 heteroatoms. The number of hydrogen-bond acceptors (Lipinski definition) is 5. The Morgan fingerprint density at radius 1 is 1.37 bits per heavy atom. The van der Waals surface area contributed by atoms with Crippen LogP contribution < -0.4 is 10.6 Å². The van der Waals surface area contributed by atoms with E-state index in [4.69, 9.17) is 5.73 Å². The van der Waals surface area contributed by atoms with E-state index in [9.17, 15) is 0 Å². The van der Waals surface area contributed by atoms with Crippen molar-refractivity contribution in [2.45, 2.75) is 17.4 Å². The molecule has 0 aliphatic carbocycles. The molecule has 1 aromatic carbocycles. The molecule has 0 amide bonds. The number of anilines is 1. The highest BCUT2D eigenvalue weighted by molar-refractivity contribution is 7.98. The fraction of sp³-hybridized carbons (Fsp3) is 0.385. The van der Waals surface area contributed by atoms with E-state index in [0.29, 0.717) is 0 Å². The number of aromatic nitrogens is 3. The maximum Gasteiger partial charge on any atom is 0.245 e. The summed E-state index contributed by atoms with van der Waals surface area (Å²) in [6.07, 6.45) is 3.07. The fourth-order valence-corrected chi connectivity index (χ4v) is 2.65. The Balaban J connectivity index is 1.80. The van der Waals surface area contributed by atoms with Crippen LogP contribution in [0, 0.1) is 0 Å². The summed E-state index contributed by atoms with van der Waals surface area (Å²) in [6, 6.07) is 8.54. The van der Waals surface area contributed by atoms with Crippen molar-refractivity contribution >= 4 is 17.7 Å². The number of nitrogens with one attached hydrogen (secondary N) is 1. The van der Waals surface area contributed by atoms with Gasteiger partial charge in [-0.25, -0.2) is 0 Å². The molecule has 100 valence electrons. The zero-order valence-electron chi connectivity index (χ0n) is 10.8. The molecule has 1 atom stereocenters. The molecule has 3 N–H and O–H groups in total. The average molecular weight is 275 g/mol. The van der Waals surface area contributed by atoms with Crippen LogP contribution in [0.2, 0.25) is 0 Å². The zero-order valence-corrected chi connectivity index (χ0v) is 11.7. The lowest BCUT2D eigenvalue weighted by Crippen LogP contribution is -2.26. The smallest absolute Gasteiger partial charge is 0.245 e. The van der Waals surface area contributed by atoms with Crippen molar-refractivity contribution in [1.82, 2.24) is 15.2 Å². The Hall–Kier alpha value is -1.53. The first-order valence-corrected chi connectivity index (χ1v) is 7.56. The van der Waals surface area contributed by atoms with Gasteiger partial charge in [-0.05, 0) is 24.8 Å². The number of hydrogen-bond donors (Lipinski definition) is 2. The summed E-state index contributed by atoms with van der Waals surface area (Å²) in [7, 11) is 0. The van der Waals surface area contributed by atoms with E-state index in [0.717, 1.165) is 36.8 Å². The Bertz CT molecular complexity index is 550. The minimum Gasteiger partial charge on any atom is -0.338 e. The Morgan fingerprint density at radius 3 is 2.79 bits per heavy atom. The molecular weight excluding hydrogens is 258 g/mol. The molecule has 0 radical (unpaired) electrons. The third-order valence-electron chi connectivity index (χ3n) is 3.34. The standard InChI is InChI=1S/C13H17N5S/c1-19-11-4-2-9(3-5-11)12-15-13(17-16-12)18-7-6-10(14)8-18/h2-5,10H,6-8,14H2,1H3,(H,15,16,17). The van der Waals surface area contributed by atoms with E-state index in [2.05, 4.69) is 50.6 Å². The van der Waals surface area contributed by atoms with Gasteiger partial charge in [-0.2, -0.15) is 4.98 Å². The van der Waals surface area contributed by atoms with Gasteiger partial charge in [0.15, 0.2) is 5.82 Å². The normalized spacial score (nSPS) is 19.1.